The van der Waals surface area contributed by atoms with Crippen LogP contribution < -0.4 is 4.74 Å². The fourth-order valence-corrected chi connectivity index (χ4v) is 2.32. The van der Waals surface area contributed by atoms with Crippen molar-refractivity contribution < 1.29 is 19.4 Å². The standard InChI is InChI=1S/C15H18N2O4/c1-2-17(11-6-3-4-7-11)13(18)10-21-12-8-5-9-16-14(12)15(19)20/h5-6,8-9H,2-4,7,10H2,1H3,(H,19,20). The van der Waals surface area contributed by atoms with Crippen molar-refractivity contribution >= 4 is 11.9 Å². The number of hydrogen-bond donors (Lipinski definition) is 1. The van der Waals surface area contributed by atoms with E-state index in [0.717, 1.165) is 25.0 Å². The molecule has 1 aromatic rings. The number of nitrogens with zero attached hydrogens (tertiary/aromatic N) is 2. The summed E-state index contributed by atoms with van der Waals surface area (Å²) in [6, 6.07) is 3.07. The fourth-order valence-electron chi connectivity index (χ4n) is 2.32. The van der Waals surface area contributed by atoms with Gasteiger partial charge in [0.15, 0.2) is 18.1 Å². The van der Waals surface area contributed by atoms with E-state index in [2.05, 4.69) is 11.1 Å². The molecule has 112 valence electrons. The Kier molecular flexibility index (Phi) is 4.92. The van der Waals surface area contributed by atoms with Gasteiger partial charge in [0.05, 0.1) is 0 Å². The molecule has 21 heavy (non-hydrogen) atoms. The first kappa shape index (κ1) is 15.0. The molecule has 2 rings (SSSR count). The molecule has 1 aromatic heterocycles. The zero-order chi connectivity index (χ0) is 15.2. The van der Waals surface area contributed by atoms with Gasteiger partial charge in [0.1, 0.15) is 0 Å². The van der Waals surface area contributed by atoms with Crippen molar-refractivity contribution in [3.8, 4) is 5.75 Å². The highest BCUT2D eigenvalue weighted by atomic mass is 16.5. The van der Waals surface area contributed by atoms with Gasteiger partial charge in [-0.25, -0.2) is 9.78 Å². The van der Waals surface area contributed by atoms with Gasteiger partial charge in [-0.2, -0.15) is 0 Å². The van der Waals surface area contributed by atoms with E-state index < -0.39 is 5.97 Å². The Labute approximate surface area is 123 Å². The van der Waals surface area contributed by atoms with E-state index in [0.29, 0.717) is 6.54 Å². The van der Waals surface area contributed by atoms with Crippen molar-refractivity contribution in [3.63, 3.8) is 0 Å². The van der Waals surface area contributed by atoms with Crippen LogP contribution in [0.2, 0.25) is 0 Å². The summed E-state index contributed by atoms with van der Waals surface area (Å²) >= 11 is 0. The smallest absolute Gasteiger partial charge is 0.358 e. The van der Waals surface area contributed by atoms with Crippen LogP contribution in [0.1, 0.15) is 36.7 Å². The second-order valence-electron chi connectivity index (χ2n) is 4.67. The number of ether oxygens (including phenoxy) is 1. The zero-order valence-electron chi connectivity index (χ0n) is 11.9. The second-order valence-corrected chi connectivity index (χ2v) is 4.67. The molecule has 0 aliphatic heterocycles. The number of rotatable bonds is 6. The highest BCUT2D eigenvalue weighted by molar-refractivity contribution is 5.88. The van der Waals surface area contributed by atoms with Gasteiger partial charge in [-0.3, -0.25) is 4.79 Å². The van der Waals surface area contributed by atoms with Crippen molar-refractivity contribution in [1.82, 2.24) is 9.88 Å². The third-order valence-electron chi connectivity index (χ3n) is 3.31. The quantitative estimate of drug-likeness (QED) is 0.867. The lowest BCUT2D eigenvalue weighted by atomic mass is 10.3. The monoisotopic (exact) mass is 290 g/mol. The molecule has 0 saturated carbocycles. The molecule has 0 saturated heterocycles. The molecule has 6 heteroatoms. The number of hydrogen-bond acceptors (Lipinski definition) is 4. The number of allylic oxidation sites excluding steroid dienone is 2. The molecule has 0 radical (unpaired) electrons. The van der Waals surface area contributed by atoms with E-state index in [-0.39, 0.29) is 24.0 Å². The van der Waals surface area contributed by atoms with Crippen LogP contribution in [-0.4, -0.2) is 40.0 Å². The first-order chi connectivity index (χ1) is 10.1. The number of carboxylic acids is 1. The van der Waals surface area contributed by atoms with Crippen LogP contribution in [0.5, 0.6) is 5.75 Å². The molecule has 0 bridgehead atoms. The lowest BCUT2D eigenvalue weighted by Crippen LogP contribution is -2.33. The maximum absolute atomic E-state index is 12.2. The van der Waals surface area contributed by atoms with Crippen molar-refractivity contribution in [2.45, 2.75) is 26.2 Å². The molecule has 0 unspecified atom stereocenters. The molecule has 0 atom stereocenters. The minimum absolute atomic E-state index is 0.106. The summed E-state index contributed by atoms with van der Waals surface area (Å²) in [4.78, 5) is 28.6. The minimum atomic E-state index is -1.18. The summed E-state index contributed by atoms with van der Waals surface area (Å²) in [5, 5.41) is 9.01. The molecular formula is C15H18N2O4. The first-order valence-electron chi connectivity index (χ1n) is 6.94. The maximum atomic E-state index is 12.2. The van der Waals surface area contributed by atoms with Crippen molar-refractivity contribution in [2.75, 3.05) is 13.2 Å². The molecule has 1 aliphatic rings. The SMILES string of the molecule is CCN(C(=O)COc1cccnc1C(=O)O)C1=CCCC1. The summed E-state index contributed by atoms with van der Waals surface area (Å²) in [6.07, 6.45) is 6.39. The topological polar surface area (TPSA) is 79.7 Å². The lowest BCUT2D eigenvalue weighted by Gasteiger charge is -2.22. The van der Waals surface area contributed by atoms with Gasteiger partial charge in [-0.15, -0.1) is 0 Å². The van der Waals surface area contributed by atoms with E-state index in [1.807, 2.05) is 6.92 Å². The van der Waals surface area contributed by atoms with Crippen molar-refractivity contribution in [2.24, 2.45) is 0 Å². The predicted octanol–water partition coefficient (Wildman–Crippen LogP) is 2.07. The third-order valence-corrected chi connectivity index (χ3v) is 3.31. The van der Waals surface area contributed by atoms with Gasteiger partial charge in [0.2, 0.25) is 0 Å². The van der Waals surface area contributed by atoms with Gasteiger partial charge in [-0.1, -0.05) is 6.08 Å². The van der Waals surface area contributed by atoms with E-state index in [1.165, 1.54) is 12.3 Å². The van der Waals surface area contributed by atoms with Gasteiger partial charge in [-0.05, 0) is 38.3 Å². The number of carbonyl (C=O) groups excluding carboxylic acids is 1. The molecular weight excluding hydrogens is 272 g/mol. The first-order valence-corrected chi connectivity index (χ1v) is 6.94. The zero-order valence-corrected chi connectivity index (χ0v) is 11.9. The van der Waals surface area contributed by atoms with Crippen LogP contribution in [0.4, 0.5) is 0 Å². The summed E-state index contributed by atoms with van der Waals surface area (Å²) in [5.74, 6) is -1.25. The van der Waals surface area contributed by atoms with Crippen LogP contribution in [-0.2, 0) is 4.79 Å². The Morgan fingerprint density at radius 1 is 1.48 bits per heavy atom. The lowest BCUT2D eigenvalue weighted by molar-refractivity contribution is -0.131. The predicted molar refractivity (Wildman–Crippen MR) is 76.0 cm³/mol. The molecule has 0 aromatic carbocycles. The largest absolute Gasteiger partial charge is 0.481 e. The highest BCUT2D eigenvalue weighted by Gasteiger charge is 2.20. The van der Waals surface area contributed by atoms with E-state index in [1.54, 1.807) is 11.0 Å². The third kappa shape index (κ3) is 3.59. The number of carboxylic acid groups (broad SMARTS) is 1. The maximum Gasteiger partial charge on any atom is 0.358 e. The number of amides is 1. The average Bonchev–Trinajstić information content (AvgIpc) is 3.00. The molecule has 6 nitrogen and oxygen atoms in total. The number of pyridine rings is 1. The molecule has 1 N–H and O–H groups in total. The molecule has 1 amide bonds. The Hall–Kier alpha value is -2.37. The van der Waals surface area contributed by atoms with Gasteiger partial charge < -0.3 is 14.7 Å². The Morgan fingerprint density at radius 2 is 2.29 bits per heavy atom. The Balaban J connectivity index is 2.02. The van der Waals surface area contributed by atoms with E-state index >= 15 is 0 Å². The fraction of sp³-hybridized carbons (Fsp3) is 0.400. The van der Waals surface area contributed by atoms with Crippen LogP contribution in [0.15, 0.2) is 30.1 Å². The molecule has 1 aliphatic carbocycles. The van der Waals surface area contributed by atoms with E-state index in [9.17, 15) is 9.59 Å². The van der Waals surface area contributed by atoms with Crippen molar-refractivity contribution in [3.05, 3.63) is 35.8 Å². The number of aromatic nitrogens is 1. The summed E-state index contributed by atoms with van der Waals surface area (Å²) in [7, 11) is 0. The van der Waals surface area contributed by atoms with Crippen molar-refractivity contribution in [1.29, 1.82) is 0 Å². The molecule has 0 spiro atoms. The Bertz CT molecular complexity index is 569. The van der Waals surface area contributed by atoms with Crippen LogP contribution in [0.3, 0.4) is 0 Å². The summed E-state index contributed by atoms with van der Waals surface area (Å²) < 4.78 is 5.34. The molecule has 1 heterocycles. The number of aromatic carboxylic acids is 1. The normalized spacial score (nSPS) is 13.7. The average molecular weight is 290 g/mol. The van der Waals surface area contributed by atoms with Gasteiger partial charge in [0.25, 0.3) is 5.91 Å². The number of likely N-dealkylation sites (N-methyl/N-ethyl adjacent to an activating group) is 1. The highest BCUT2D eigenvalue weighted by Crippen LogP contribution is 2.22. The van der Waals surface area contributed by atoms with E-state index in [4.69, 9.17) is 9.84 Å². The minimum Gasteiger partial charge on any atom is -0.481 e. The second kappa shape index (κ2) is 6.88. The van der Waals surface area contributed by atoms with Gasteiger partial charge in [0, 0.05) is 18.4 Å². The van der Waals surface area contributed by atoms with Crippen LogP contribution >= 0.6 is 0 Å². The summed E-state index contributed by atoms with van der Waals surface area (Å²) in [5.41, 5.74) is 0.837. The van der Waals surface area contributed by atoms with Crippen LogP contribution in [0, 0.1) is 0 Å². The molecule has 0 fully saturated rings. The summed E-state index contributed by atoms with van der Waals surface area (Å²) in [6.45, 7) is 2.29. The number of carbonyl (C=O) groups is 2. The Morgan fingerprint density at radius 3 is 2.90 bits per heavy atom. The van der Waals surface area contributed by atoms with Crippen LogP contribution in [0.25, 0.3) is 0 Å². The van der Waals surface area contributed by atoms with Gasteiger partial charge >= 0.3 is 5.97 Å².